The SMILES string of the molecule is CC(=O)c1cccc(OC(N)(N)C(N)N)c1. The highest BCUT2D eigenvalue weighted by Gasteiger charge is 2.27. The van der Waals surface area contributed by atoms with Gasteiger partial charge < -0.3 is 16.2 Å². The number of ether oxygens (including phenoxy) is 1. The molecule has 0 spiro atoms. The maximum Gasteiger partial charge on any atom is 0.241 e. The third kappa shape index (κ3) is 3.01. The molecule has 0 bridgehead atoms. The summed E-state index contributed by atoms with van der Waals surface area (Å²) in [4.78, 5) is 11.1. The average molecular weight is 224 g/mol. The number of carbonyl (C=O) groups is 1. The summed E-state index contributed by atoms with van der Waals surface area (Å²) in [5.41, 5.74) is 22.3. The molecule has 6 heteroatoms. The summed E-state index contributed by atoms with van der Waals surface area (Å²) in [6.07, 6.45) is -1.03. The van der Waals surface area contributed by atoms with Crippen LogP contribution in [0.1, 0.15) is 17.3 Å². The van der Waals surface area contributed by atoms with Crippen LogP contribution in [0.4, 0.5) is 0 Å². The van der Waals surface area contributed by atoms with Gasteiger partial charge in [0.25, 0.3) is 0 Å². The van der Waals surface area contributed by atoms with Crippen LogP contribution in [0.15, 0.2) is 24.3 Å². The Morgan fingerprint density at radius 3 is 2.50 bits per heavy atom. The van der Waals surface area contributed by atoms with Crippen molar-refractivity contribution in [1.29, 1.82) is 0 Å². The van der Waals surface area contributed by atoms with E-state index in [1.54, 1.807) is 18.2 Å². The lowest BCUT2D eigenvalue weighted by molar-refractivity contribution is 0.0559. The standard InChI is InChI=1S/C10H16N4O2/c1-6(15)7-3-2-4-8(5-7)16-10(13,14)9(11)12/h2-5,9H,11-14H2,1H3. The number of hydrogen-bond acceptors (Lipinski definition) is 6. The van der Waals surface area contributed by atoms with Gasteiger partial charge in [0.2, 0.25) is 5.85 Å². The number of benzene rings is 1. The summed E-state index contributed by atoms with van der Waals surface area (Å²) in [6, 6.07) is 6.46. The first kappa shape index (κ1) is 12.6. The summed E-state index contributed by atoms with van der Waals surface area (Å²) < 4.78 is 5.21. The molecule has 0 aliphatic rings. The van der Waals surface area contributed by atoms with Crippen molar-refractivity contribution in [3.63, 3.8) is 0 Å². The first-order valence-electron chi connectivity index (χ1n) is 4.72. The minimum absolute atomic E-state index is 0.0814. The van der Waals surface area contributed by atoms with E-state index in [0.717, 1.165) is 0 Å². The van der Waals surface area contributed by atoms with Gasteiger partial charge >= 0.3 is 0 Å². The van der Waals surface area contributed by atoms with E-state index in [1.165, 1.54) is 13.0 Å². The average Bonchev–Trinajstić information content (AvgIpc) is 2.17. The van der Waals surface area contributed by atoms with Gasteiger partial charge in [0.1, 0.15) is 11.9 Å². The van der Waals surface area contributed by atoms with Crippen LogP contribution in [0.3, 0.4) is 0 Å². The van der Waals surface area contributed by atoms with Gasteiger partial charge in [-0.2, -0.15) is 0 Å². The zero-order valence-electron chi connectivity index (χ0n) is 9.01. The second-order valence-electron chi connectivity index (χ2n) is 3.57. The molecule has 1 rings (SSSR count). The number of carbonyl (C=O) groups excluding carboxylic acids is 1. The zero-order chi connectivity index (χ0) is 12.3. The molecule has 0 heterocycles. The molecule has 0 saturated heterocycles. The third-order valence-electron chi connectivity index (χ3n) is 2.06. The van der Waals surface area contributed by atoms with E-state index < -0.39 is 12.0 Å². The molecule has 88 valence electrons. The van der Waals surface area contributed by atoms with Crippen molar-refractivity contribution in [2.45, 2.75) is 18.9 Å². The molecule has 6 nitrogen and oxygen atoms in total. The molecule has 16 heavy (non-hydrogen) atoms. The smallest absolute Gasteiger partial charge is 0.241 e. The summed E-state index contributed by atoms with van der Waals surface area (Å²) in [5, 5.41) is 0. The highest BCUT2D eigenvalue weighted by Crippen LogP contribution is 2.16. The Kier molecular flexibility index (Phi) is 3.61. The summed E-state index contributed by atoms with van der Waals surface area (Å²) in [6.45, 7) is 1.45. The van der Waals surface area contributed by atoms with E-state index >= 15 is 0 Å². The van der Waals surface area contributed by atoms with Gasteiger partial charge in [-0.1, -0.05) is 12.1 Å². The normalized spacial score (nSPS) is 11.6. The van der Waals surface area contributed by atoms with Gasteiger partial charge in [0, 0.05) is 5.56 Å². The molecular formula is C10H16N4O2. The van der Waals surface area contributed by atoms with Gasteiger partial charge in [0.05, 0.1) is 0 Å². The fourth-order valence-electron chi connectivity index (χ4n) is 1.05. The van der Waals surface area contributed by atoms with Crippen LogP contribution in [-0.2, 0) is 0 Å². The second kappa shape index (κ2) is 4.58. The molecular weight excluding hydrogens is 208 g/mol. The third-order valence-corrected chi connectivity index (χ3v) is 2.06. The number of rotatable bonds is 4. The first-order chi connectivity index (χ1) is 7.33. The van der Waals surface area contributed by atoms with Crippen LogP contribution in [-0.4, -0.2) is 17.8 Å². The van der Waals surface area contributed by atoms with E-state index in [9.17, 15) is 4.79 Å². The number of Topliss-reactive ketones (excluding diaryl/α,β-unsaturated/α-hetero) is 1. The molecule has 1 aromatic carbocycles. The van der Waals surface area contributed by atoms with E-state index in [2.05, 4.69) is 0 Å². The molecule has 8 N–H and O–H groups in total. The minimum atomic E-state index is -1.67. The van der Waals surface area contributed by atoms with E-state index in [-0.39, 0.29) is 5.78 Å². The lowest BCUT2D eigenvalue weighted by Crippen LogP contribution is -2.69. The topological polar surface area (TPSA) is 130 Å². The molecule has 0 unspecified atom stereocenters. The molecule has 0 aliphatic carbocycles. The summed E-state index contributed by atoms with van der Waals surface area (Å²) in [7, 11) is 0. The van der Waals surface area contributed by atoms with Crippen molar-refractivity contribution in [1.82, 2.24) is 0 Å². The molecule has 0 atom stereocenters. The lowest BCUT2D eigenvalue weighted by atomic mass is 10.1. The van der Waals surface area contributed by atoms with Crippen LogP contribution in [0.5, 0.6) is 5.75 Å². The van der Waals surface area contributed by atoms with Crippen LogP contribution in [0, 0.1) is 0 Å². The van der Waals surface area contributed by atoms with Crippen molar-refractivity contribution < 1.29 is 9.53 Å². The van der Waals surface area contributed by atoms with E-state index in [0.29, 0.717) is 11.3 Å². The van der Waals surface area contributed by atoms with Crippen LogP contribution >= 0.6 is 0 Å². The monoisotopic (exact) mass is 224 g/mol. The first-order valence-corrected chi connectivity index (χ1v) is 4.72. The maximum absolute atomic E-state index is 11.1. The van der Waals surface area contributed by atoms with E-state index in [1.807, 2.05) is 0 Å². The molecule has 0 aromatic heterocycles. The highest BCUT2D eigenvalue weighted by atomic mass is 16.5. The Hall–Kier alpha value is -1.47. The maximum atomic E-state index is 11.1. The van der Waals surface area contributed by atoms with Crippen molar-refractivity contribution in [2.75, 3.05) is 0 Å². The lowest BCUT2D eigenvalue weighted by Gasteiger charge is -2.28. The Balaban J connectivity index is 2.90. The molecule has 0 fully saturated rings. The van der Waals surface area contributed by atoms with Gasteiger partial charge in [-0.25, -0.2) is 0 Å². The summed E-state index contributed by atoms with van der Waals surface area (Å²) in [5.74, 6) is -1.41. The Bertz CT molecular complexity index is 390. The fraction of sp³-hybridized carbons (Fsp3) is 0.300. The minimum Gasteiger partial charge on any atom is -0.457 e. The molecule has 0 radical (unpaired) electrons. The van der Waals surface area contributed by atoms with Crippen molar-refractivity contribution in [3.8, 4) is 5.75 Å². The Labute approximate surface area is 93.5 Å². The highest BCUT2D eigenvalue weighted by molar-refractivity contribution is 5.94. The van der Waals surface area contributed by atoms with Gasteiger partial charge in [-0.05, 0) is 19.1 Å². The molecule has 0 amide bonds. The van der Waals surface area contributed by atoms with Gasteiger partial charge in [0.15, 0.2) is 5.78 Å². The van der Waals surface area contributed by atoms with Crippen LogP contribution < -0.4 is 27.7 Å². The van der Waals surface area contributed by atoms with Crippen molar-refractivity contribution >= 4 is 5.78 Å². The zero-order valence-corrected chi connectivity index (χ0v) is 9.01. The fourth-order valence-corrected chi connectivity index (χ4v) is 1.05. The quantitative estimate of drug-likeness (QED) is 0.386. The van der Waals surface area contributed by atoms with Gasteiger partial charge in [-0.3, -0.25) is 16.3 Å². The Morgan fingerprint density at radius 1 is 1.38 bits per heavy atom. The molecule has 0 saturated carbocycles. The summed E-state index contributed by atoms with van der Waals surface area (Å²) >= 11 is 0. The van der Waals surface area contributed by atoms with Crippen LogP contribution in [0.2, 0.25) is 0 Å². The molecule has 0 aliphatic heterocycles. The predicted octanol–water partition coefficient (Wildman–Crippen LogP) is -0.917. The van der Waals surface area contributed by atoms with Gasteiger partial charge in [-0.15, -0.1) is 0 Å². The Morgan fingerprint density at radius 2 is 2.00 bits per heavy atom. The van der Waals surface area contributed by atoms with Crippen molar-refractivity contribution in [3.05, 3.63) is 29.8 Å². The van der Waals surface area contributed by atoms with Crippen LogP contribution in [0.25, 0.3) is 0 Å². The predicted molar refractivity (Wildman–Crippen MR) is 60.3 cm³/mol. The van der Waals surface area contributed by atoms with E-state index in [4.69, 9.17) is 27.7 Å². The number of ketones is 1. The number of hydrogen-bond donors (Lipinski definition) is 4. The second-order valence-corrected chi connectivity index (χ2v) is 3.57. The number of nitrogens with two attached hydrogens (primary N) is 4. The largest absolute Gasteiger partial charge is 0.457 e. The van der Waals surface area contributed by atoms with Crippen molar-refractivity contribution in [2.24, 2.45) is 22.9 Å². The molecule has 1 aromatic rings.